The largest absolute Gasteiger partial charge is 0.380 e. The van der Waals surface area contributed by atoms with E-state index in [9.17, 15) is 0 Å². The van der Waals surface area contributed by atoms with Crippen molar-refractivity contribution in [1.82, 2.24) is 5.32 Å². The van der Waals surface area contributed by atoms with Gasteiger partial charge >= 0.3 is 0 Å². The van der Waals surface area contributed by atoms with E-state index in [1.807, 2.05) is 7.05 Å². The zero-order valence-corrected chi connectivity index (χ0v) is 11.9. The lowest BCUT2D eigenvalue weighted by atomic mass is 9.99. The van der Waals surface area contributed by atoms with Crippen molar-refractivity contribution in [2.24, 2.45) is 5.92 Å². The van der Waals surface area contributed by atoms with Gasteiger partial charge in [0.25, 0.3) is 0 Å². The first kappa shape index (κ1) is 14.9. The predicted octanol–water partition coefficient (Wildman–Crippen LogP) is 2.60. The summed E-state index contributed by atoms with van der Waals surface area (Å²) < 4.78 is 11.2. The third-order valence-electron chi connectivity index (χ3n) is 4.04. The summed E-state index contributed by atoms with van der Waals surface area (Å²) in [5.74, 6) is 0.815. The van der Waals surface area contributed by atoms with E-state index in [4.69, 9.17) is 9.47 Å². The molecule has 0 aromatic rings. The van der Waals surface area contributed by atoms with E-state index in [-0.39, 0.29) is 5.60 Å². The molecular weight excluding hydrogens is 214 g/mol. The third-order valence-corrected chi connectivity index (χ3v) is 4.04. The number of nitrogens with one attached hydrogen (secondary N) is 1. The van der Waals surface area contributed by atoms with Gasteiger partial charge in [0.1, 0.15) is 0 Å². The summed E-state index contributed by atoms with van der Waals surface area (Å²) in [7, 11) is 3.81. The summed E-state index contributed by atoms with van der Waals surface area (Å²) >= 11 is 0. The predicted molar refractivity (Wildman–Crippen MR) is 71.3 cm³/mol. The van der Waals surface area contributed by atoms with E-state index in [0.717, 1.165) is 25.6 Å². The van der Waals surface area contributed by atoms with E-state index in [0.29, 0.717) is 6.04 Å². The SMILES string of the molecule is CNC(COCCC(C)(C)OC)C1CCCC1. The third kappa shape index (κ3) is 5.36. The quantitative estimate of drug-likeness (QED) is 0.665. The standard InChI is InChI=1S/C14H29NO2/c1-14(2,16-4)9-10-17-11-13(15-3)12-7-5-6-8-12/h12-13,15H,5-11H2,1-4H3. The number of hydrogen-bond acceptors (Lipinski definition) is 3. The van der Waals surface area contributed by atoms with Crippen LogP contribution >= 0.6 is 0 Å². The van der Waals surface area contributed by atoms with Crippen LogP contribution in [0.25, 0.3) is 0 Å². The molecule has 0 aromatic carbocycles. The average Bonchev–Trinajstić information content (AvgIpc) is 2.83. The number of hydrogen-bond donors (Lipinski definition) is 1. The first-order valence-electron chi connectivity index (χ1n) is 6.89. The van der Waals surface area contributed by atoms with Gasteiger partial charge in [-0.1, -0.05) is 12.8 Å². The van der Waals surface area contributed by atoms with Crippen molar-refractivity contribution in [3.63, 3.8) is 0 Å². The van der Waals surface area contributed by atoms with Crippen LogP contribution in [0.3, 0.4) is 0 Å². The van der Waals surface area contributed by atoms with Crippen LogP contribution in [0.2, 0.25) is 0 Å². The number of methoxy groups -OCH3 is 1. The van der Waals surface area contributed by atoms with E-state index in [1.165, 1.54) is 25.7 Å². The summed E-state index contributed by atoms with van der Waals surface area (Å²) in [5.41, 5.74) is -0.0670. The lowest BCUT2D eigenvalue weighted by molar-refractivity contribution is -0.0140. The van der Waals surface area contributed by atoms with Gasteiger partial charge in [-0.25, -0.2) is 0 Å². The molecule has 1 fully saturated rings. The van der Waals surface area contributed by atoms with Gasteiger partial charge in [0.05, 0.1) is 12.2 Å². The van der Waals surface area contributed by atoms with Gasteiger partial charge in [-0.2, -0.15) is 0 Å². The minimum Gasteiger partial charge on any atom is -0.380 e. The van der Waals surface area contributed by atoms with E-state index >= 15 is 0 Å². The molecule has 1 aliphatic rings. The molecule has 0 heterocycles. The van der Waals surface area contributed by atoms with Gasteiger partial charge in [0.15, 0.2) is 0 Å². The molecule has 0 aromatic heterocycles. The molecule has 1 saturated carbocycles. The molecule has 1 rings (SSSR count). The van der Waals surface area contributed by atoms with Gasteiger partial charge in [-0.3, -0.25) is 0 Å². The molecule has 0 aliphatic heterocycles. The molecule has 1 unspecified atom stereocenters. The van der Waals surface area contributed by atoms with Gasteiger partial charge in [-0.15, -0.1) is 0 Å². The van der Waals surface area contributed by atoms with E-state index in [2.05, 4.69) is 19.2 Å². The molecule has 0 spiro atoms. The molecule has 102 valence electrons. The van der Waals surface area contributed by atoms with Crippen molar-refractivity contribution in [1.29, 1.82) is 0 Å². The van der Waals surface area contributed by atoms with Crippen LogP contribution in [-0.2, 0) is 9.47 Å². The first-order valence-corrected chi connectivity index (χ1v) is 6.89. The molecule has 0 saturated heterocycles. The highest BCUT2D eigenvalue weighted by Gasteiger charge is 2.24. The van der Waals surface area contributed by atoms with Crippen LogP contribution in [0.5, 0.6) is 0 Å². The van der Waals surface area contributed by atoms with Gasteiger partial charge in [-0.05, 0) is 46.1 Å². The van der Waals surface area contributed by atoms with Crippen molar-refractivity contribution in [3.8, 4) is 0 Å². The minimum absolute atomic E-state index is 0.0670. The highest BCUT2D eigenvalue weighted by molar-refractivity contribution is 4.79. The maximum absolute atomic E-state index is 5.79. The minimum atomic E-state index is -0.0670. The molecule has 1 atom stereocenters. The fraction of sp³-hybridized carbons (Fsp3) is 1.00. The Labute approximate surface area is 106 Å². The highest BCUT2D eigenvalue weighted by Crippen LogP contribution is 2.27. The second kappa shape index (κ2) is 7.34. The highest BCUT2D eigenvalue weighted by atomic mass is 16.5. The second-order valence-corrected chi connectivity index (χ2v) is 5.73. The van der Waals surface area contributed by atoms with Gasteiger partial charge in [0.2, 0.25) is 0 Å². The summed E-state index contributed by atoms with van der Waals surface area (Å²) in [6.45, 7) is 5.82. The Hall–Kier alpha value is -0.120. The Morgan fingerprint density at radius 1 is 1.29 bits per heavy atom. The molecule has 1 aliphatic carbocycles. The summed E-state index contributed by atoms with van der Waals surface area (Å²) in [4.78, 5) is 0. The molecule has 0 bridgehead atoms. The molecule has 0 radical (unpaired) electrons. The van der Waals surface area contributed by atoms with E-state index in [1.54, 1.807) is 7.11 Å². The second-order valence-electron chi connectivity index (χ2n) is 5.73. The van der Waals surface area contributed by atoms with E-state index < -0.39 is 0 Å². The van der Waals surface area contributed by atoms with Crippen LogP contribution < -0.4 is 5.32 Å². The Bertz CT molecular complexity index is 200. The summed E-state index contributed by atoms with van der Waals surface area (Å²) in [6, 6.07) is 0.531. The van der Waals surface area contributed by atoms with Crippen LogP contribution in [0.4, 0.5) is 0 Å². The van der Waals surface area contributed by atoms with Crippen molar-refractivity contribution < 1.29 is 9.47 Å². The zero-order chi connectivity index (χ0) is 12.7. The smallest absolute Gasteiger partial charge is 0.0644 e. The fourth-order valence-corrected chi connectivity index (χ4v) is 2.45. The maximum atomic E-state index is 5.79. The van der Waals surface area contributed by atoms with Crippen molar-refractivity contribution >= 4 is 0 Å². The Morgan fingerprint density at radius 2 is 1.94 bits per heavy atom. The van der Waals surface area contributed by atoms with Gasteiger partial charge < -0.3 is 14.8 Å². The van der Waals surface area contributed by atoms with Crippen molar-refractivity contribution in [2.45, 2.75) is 57.6 Å². The van der Waals surface area contributed by atoms with Crippen molar-refractivity contribution in [3.05, 3.63) is 0 Å². The zero-order valence-electron chi connectivity index (χ0n) is 11.9. The Morgan fingerprint density at radius 3 is 2.47 bits per heavy atom. The van der Waals surface area contributed by atoms with Crippen LogP contribution in [0.1, 0.15) is 46.0 Å². The molecule has 17 heavy (non-hydrogen) atoms. The first-order chi connectivity index (χ1) is 8.09. The Kier molecular flexibility index (Phi) is 6.45. The Balaban J connectivity index is 2.15. The monoisotopic (exact) mass is 243 g/mol. The fourth-order valence-electron chi connectivity index (χ4n) is 2.45. The van der Waals surface area contributed by atoms with Crippen LogP contribution in [0.15, 0.2) is 0 Å². The molecular formula is C14H29NO2. The number of rotatable bonds is 8. The lowest BCUT2D eigenvalue weighted by Crippen LogP contribution is -2.37. The average molecular weight is 243 g/mol. The number of likely N-dealkylation sites (N-methyl/N-ethyl adjacent to an activating group) is 1. The molecule has 1 N–H and O–H groups in total. The van der Waals surface area contributed by atoms with Crippen LogP contribution in [-0.4, -0.2) is 39.0 Å². The number of ether oxygens (including phenoxy) is 2. The molecule has 3 nitrogen and oxygen atoms in total. The normalized spacial score (nSPS) is 19.8. The van der Waals surface area contributed by atoms with Gasteiger partial charge in [0, 0.05) is 19.8 Å². The summed E-state index contributed by atoms with van der Waals surface area (Å²) in [5, 5.41) is 3.40. The summed E-state index contributed by atoms with van der Waals surface area (Å²) in [6.07, 6.45) is 6.45. The molecule has 0 amide bonds. The topological polar surface area (TPSA) is 30.5 Å². The van der Waals surface area contributed by atoms with Crippen molar-refractivity contribution in [2.75, 3.05) is 27.4 Å². The lowest BCUT2D eigenvalue weighted by Gasteiger charge is -2.25. The molecule has 3 heteroatoms. The maximum Gasteiger partial charge on any atom is 0.0644 e. The van der Waals surface area contributed by atoms with Crippen LogP contribution in [0, 0.1) is 5.92 Å².